The Kier molecular flexibility index (Phi) is 7.21. The minimum Gasteiger partial charge on any atom is -0.496 e. The van der Waals surface area contributed by atoms with Crippen LogP contribution in [0, 0.1) is 6.92 Å². The molecule has 138 valence electrons. The molecule has 2 amide bonds. The Morgan fingerprint density at radius 2 is 1.77 bits per heavy atom. The van der Waals surface area contributed by atoms with Gasteiger partial charge in [-0.3, -0.25) is 9.59 Å². The molecular weight excluding hydrogens is 328 g/mol. The second-order valence-corrected chi connectivity index (χ2v) is 6.28. The van der Waals surface area contributed by atoms with Crippen molar-refractivity contribution < 1.29 is 14.3 Å². The normalized spacial score (nSPS) is 11.5. The summed E-state index contributed by atoms with van der Waals surface area (Å²) < 4.78 is 5.32. The fraction of sp³-hybridized carbons (Fsp3) is 0.333. The van der Waals surface area contributed by atoms with E-state index < -0.39 is 0 Å². The van der Waals surface area contributed by atoms with Crippen LogP contribution in [0.5, 0.6) is 5.75 Å². The zero-order chi connectivity index (χ0) is 18.9. The second-order valence-electron chi connectivity index (χ2n) is 6.28. The first-order valence-corrected chi connectivity index (χ1v) is 8.72. The summed E-state index contributed by atoms with van der Waals surface area (Å²) >= 11 is 0. The molecule has 0 bridgehead atoms. The smallest absolute Gasteiger partial charge is 0.222 e. The number of nitrogens with one attached hydrogen (secondary N) is 2. The summed E-state index contributed by atoms with van der Waals surface area (Å²) in [5.41, 5.74) is 3.11. The number of rotatable bonds is 8. The van der Waals surface area contributed by atoms with E-state index in [0.717, 1.165) is 22.4 Å². The lowest BCUT2D eigenvalue weighted by Crippen LogP contribution is -2.33. The van der Waals surface area contributed by atoms with Crippen LogP contribution >= 0.6 is 0 Å². The van der Waals surface area contributed by atoms with Crippen molar-refractivity contribution in [2.75, 3.05) is 13.7 Å². The largest absolute Gasteiger partial charge is 0.496 e. The highest BCUT2D eigenvalue weighted by Crippen LogP contribution is 2.19. The van der Waals surface area contributed by atoms with Crippen LogP contribution in [-0.2, 0) is 16.0 Å². The van der Waals surface area contributed by atoms with E-state index in [1.165, 1.54) is 6.92 Å². The SMILES string of the molecule is COc1ccccc1CCNC(=O)CC(NC(C)=O)c1ccc(C)cc1. The lowest BCUT2D eigenvalue weighted by atomic mass is 10.0. The maximum atomic E-state index is 12.3. The van der Waals surface area contributed by atoms with Gasteiger partial charge in [0.15, 0.2) is 0 Å². The maximum absolute atomic E-state index is 12.3. The summed E-state index contributed by atoms with van der Waals surface area (Å²) in [6, 6.07) is 15.3. The molecule has 5 nitrogen and oxygen atoms in total. The van der Waals surface area contributed by atoms with Crippen molar-refractivity contribution in [3.63, 3.8) is 0 Å². The predicted molar refractivity (Wildman–Crippen MR) is 102 cm³/mol. The molecule has 0 heterocycles. The van der Waals surface area contributed by atoms with E-state index in [0.29, 0.717) is 13.0 Å². The predicted octanol–water partition coefficient (Wildman–Crippen LogP) is 2.93. The van der Waals surface area contributed by atoms with Crippen LogP contribution < -0.4 is 15.4 Å². The number of amides is 2. The third-order valence-electron chi connectivity index (χ3n) is 4.16. The molecule has 2 aromatic rings. The fourth-order valence-electron chi connectivity index (χ4n) is 2.80. The zero-order valence-electron chi connectivity index (χ0n) is 15.5. The molecule has 2 rings (SSSR count). The van der Waals surface area contributed by atoms with Gasteiger partial charge in [0.25, 0.3) is 0 Å². The van der Waals surface area contributed by atoms with Gasteiger partial charge in [-0.25, -0.2) is 0 Å². The minimum atomic E-state index is -0.334. The van der Waals surface area contributed by atoms with E-state index in [9.17, 15) is 9.59 Å². The molecule has 1 unspecified atom stereocenters. The summed E-state index contributed by atoms with van der Waals surface area (Å²) in [6.07, 6.45) is 0.889. The number of para-hydroxylation sites is 1. The highest BCUT2D eigenvalue weighted by molar-refractivity contribution is 5.79. The standard InChI is InChI=1S/C21H26N2O3/c1-15-8-10-17(11-9-15)19(23-16(2)24)14-21(25)22-13-12-18-6-4-5-7-20(18)26-3/h4-11,19H,12-14H2,1-3H3,(H,22,25)(H,23,24). The van der Waals surface area contributed by atoms with Crippen molar-refractivity contribution >= 4 is 11.8 Å². The Hall–Kier alpha value is -2.82. The van der Waals surface area contributed by atoms with Crippen LogP contribution in [0.15, 0.2) is 48.5 Å². The highest BCUT2D eigenvalue weighted by atomic mass is 16.5. The molecule has 5 heteroatoms. The summed E-state index contributed by atoms with van der Waals surface area (Å²) in [4.78, 5) is 23.8. The van der Waals surface area contributed by atoms with Crippen LogP contribution in [0.4, 0.5) is 0 Å². The van der Waals surface area contributed by atoms with Crippen molar-refractivity contribution in [3.8, 4) is 5.75 Å². The van der Waals surface area contributed by atoms with Gasteiger partial charge >= 0.3 is 0 Å². The topological polar surface area (TPSA) is 67.4 Å². The average Bonchev–Trinajstić information content (AvgIpc) is 2.62. The van der Waals surface area contributed by atoms with Crippen molar-refractivity contribution in [1.82, 2.24) is 10.6 Å². The first kappa shape index (κ1) is 19.5. The zero-order valence-corrected chi connectivity index (χ0v) is 15.5. The number of hydrogen-bond acceptors (Lipinski definition) is 3. The molecule has 0 saturated carbocycles. The Balaban J connectivity index is 1.92. The molecular formula is C21H26N2O3. The molecule has 26 heavy (non-hydrogen) atoms. The Morgan fingerprint density at radius 1 is 1.08 bits per heavy atom. The number of aryl methyl sites for hydroxylation is 1. The van der Waals surface area contributed by atoms with E-state index in [1.807, 2.05) is 55.5 Å². The molecule has 0 fully saturated rings. The van der Waals surface area contributed by atoms with Gasteiger partial charge in [0.2, 0.25) is 11.8 Å². The van der Waals surface area contributed by atoms with E-state index >= 15 is 0 Å². The lowest BCUT2D eigenvalue weighted by Gasteiger charge is -2.18. The molecule has 0 aliphatic carbocycles. The van der Waals surface area contributed by atoms with Crippen LogP contribution in [-0.4, -0.2) is 25.5 Å². The van der Waals surface area contributed by atoms with E-state index in [1.54, 1.807) is 7.11 Å². The third-order valence-corrected chi connectivity index (χ3v) is 4.16. The summed E-state index contributed by atoms with van der Waals surface area (Å²) in [7, 11) is 1.64. The maximum Gasteiger partial charge on any atom is 0.222 e. The number of benzene rings is 2. The first-order chi connectivity index (χ1) is 12.5. The van der Waals surface area contributed by atoms with E-state index in [2.05, 4.69) is 10.6 Å². The van der Waals surface area contributed by atoms with Crippen molar-refractivity contribution in [3.05, 3.63) is 65.2 Å². The van der Waals surface area contributed by atoms with Gasteiger partial charge in [0.1, 0.15) is 5.75 Å². The molecule has 0 saturated heterocycles. The second kappa shape index (κ2) is 9.61. The van der Waals surface area contributed by atoms with Gasteiger partial charge < -0.3 is 15.4 Å². The van der Waals surface area contributed by atoms with Crippen LogP contribution in [0.25, 0.3) is 0 Å². The Labute approximate surface area is 154 Å². The molecule has 0 radical (unpaired) electrons. The molecule has 1 atom stereocenters. The third kappa shape index (κ3) is 5.92. The average molecular weight is 354 g/mol. The van der Waals surface area contributed by atoms with Gasteiger partial charge in [-0.1, -0.05) is 48.0 Å². The number of carbonyl (C=O) groups excluding carboxylic acids is 2. The fourth-order valence-corrected chi connectivity index (χ4v) is 2.80. The van der Waals surface area contributed by atoms with E-state index in [4.69, 9.17) is 4.74 Å². The molecule has 0 aliphatic rings. The Bertz CT molecular complexity index is 741. The highest BCUT2D eigenvalue weighted by Gasteiger charge is 2.17. The summed E-state index contributed by atoms with van der Waals surface area (Å²) in [5.74, 6) is 0.564. The van der Waals surface area contributed by atoms with Crippen LogP contribution in [0.2, 0.25) is 0 Å². The number of hydrogen-bond donors (Lipinski definition) is 2. The van der Waals surface area contributed by atoms with Crippen molar-refractivity contribution in [1.29, 1.82) is 0 Å². The van der Waals surface area contributed by atoms with Gasteiger partial charge in [0.05, 0.1) is 19.6 Å². The quantitative estimate of drug-likeness (QED) is 0.766. The van der Waals surface area contributed by atoms with Crippen LogP contribution in [0.3, 0.4) is 0 Å². The molecule has 0 spiro atoms. The van der Waals surface area contributed by atoms with Gasteiger partial charge in [0, 0.05) is 13.5 Å². The molecule has 2 N–H and O–H groups in total. The monoisotopic (exact) mass is 354 g/mol. The molecule has 0 aromatic heterocycles. The Morgan fingerprint density at radius 3 is 2.42 bits per heavy atom. The molecule has 0 aliphatic heterocycles. The lowest BCUT2D eigenvalue weighted by molar-refractivity contribution is -0.122. The summed E-state index contributed by atoms with van der Waals surface area (Å²) in [5, 5.41) is 5.77. The number of methoxy groups -OCH3 is 1. The van der Waals surface area contributed by atoms with Gasteiger partial charge in [-0.05, 0) is 30.5 Å². The number of ether oxygens (including phenoxy) is 1. The number of carbonyl (C=O) groups is 2. The first-order valence-electron chi connectivity index (χ1n) is 8.72. The minimum absolute atomic E-state index is 0.0979. The summed E-state index contributed by atoms with van der Waals surface area (Å²) in [6.45, 7) is 3.97. The van der Waals surface area contributed by atoms with Crippen molar-refractivity contribution in [2.45, 2.75) is 32.7 Å². The van der Waals surface area contributed by atoms with Gasteiger partial charge in [-0.2, -0.15) is 0 Å². The van der Waals surface area contributed by atoms with Crippen molar-refractivity contribution in [2.24, 2.45) is 0 Å². The molecule has 2 aromatic carbocycles. The van der Waals surface area contributed by atoms with Gasteiger partial charge in [-0.15, -0.1) is 0 Å². The van der Waals surface area contributed by atoms with Crippen LogP contribution in [0.1, 0.15) is 36.1 Å². The van der Waals surface area contributed by atoms with E-state index in [-0.39, 0.29) is 24.3 Å².